The first-order chi connectivity index (χ1) is 12.1. The minimum Gasteiger partial charge on any atom is -0.309 e. The molecule has 1 saturated carbocycles. The molecule has 1 aliphatic carbocycles. The van der Waals surface area contributed by atoms with Gasteiger partial charge in [-0.2, -0.15) is 5.10 Å². The number of benzene rings is 1. The maximum Gasteiger partial charge on any atom is 0.233 e. The van der Waals surface area contributed by atoms with Crippen LogP contribution in [0.4, 0.5) is 5.82 Å². The number of aryl methyl sites for hydroxylation is 1. The highest BCUT2D eigenvalue weighted by Gasteiger charge is 2.27. The summed E-state index contributed by atoms with van der Waals surface area (Å²) in [5.41, 5.74) is 0.989. The van der Waals surface area contributed by atoms with Gasteiger partial charge in [-0.3, -0.25) is 9.48 Å². The summed E-state index contributed by atoms with van der Waals surface area (Å²) in [5.74, 6) is 1.01. The van der Waals surface area contributed by atoms with Gasteiger partial charge in [0, 0.05) is 24.2 Å². The van der Waals surface area contributed by atoms with Gasteiger partial charge in [0.25, 0.3) is 0 Å². The Morgan fingerprint density at radius 1 is 1.40 bits per heavy atom. The van der Waals surface area contributed by atoms with Crippen LogP contribution in [0.2, 0.25) is 5.02 Å². The lowest BCUT2D eigenvalue weighted by Gasteiger charge is -2.21. The van der Waals surface area contributed by atoms with Gasteiger partial charge in [0.15, 0.2) is 5.82 Å². The van der Waals surface area contributed by atoms with E-state index in [0.717, 1.165) is 16.9 Å². The Balaban J connectivity index is 1.83. The number of nitrogens with one attached hydrogen (secondary N) is 1. The molecule has 0 spiro atoms. The van der Waals surface area contributed by atoms with E-state index in [1.807, 2.05) is 43.8 Å². The number of carbonyl (C=O) groups excluding carboxylic acids is 1. The average Bonchev–Trinajstić information content (AvgIpc) is 3.24. The van der Waals surface area contributed by atoms with Crippen molar-refractivity contribution in [1.29, 1.82) is 0 Å². The van der Waals surface area contributed by atoms with Crippen molar-refractivity contribution in [2.24, 2.45) is 13.0 Å². The van der Waals surface area contributed by atoms with Crippen LogP contribution in [0.3, 0.4) is 0 Å². The van der Waals surface area contributed by atoms with Crippen molar-refractivity contribution >= 4 is 35.1 Å². The van der Waals surface area contributed by atoms with E-state index >= 15 is 0 Å². The van der Waals surface area contributed by atoms with Crippen LogP contribution in [0.5, 0.6) is 0 Å². The monoisotopic (exact) mass is 377 g/mol. The van der Waals surface area contributed by atoms with Crippen LogP contribution in [0.25, 0.3) is 0 Å². The second-order valence-electron chi connectivity index (χ2n) is 6.70. The van der Waals surface area contributed by atoms with Crippen molar-refractivity contribution in [1.82, 2.24) is 9.78 Å². The number of hydrogen-bond donors (Lipinski definition) is 1. The predicted octanol–water partition coefficient (Wildman–Crippen LogP) is 5.10. The third-order valence-corrected chi connectivity index (χ3v) is 6.12. The molecule has 134 valence electrons. The number of rotatable bonds is 6. The van der Waals surface area contributed by atoms with Crippen molar-refractivity contribution in [2.75, 3.05) is 11.6 Å². The third-order valence-electron chi connectivity index (χ3n) is 4.90. The molecule has 1 fully saturated rings. The molecule has 1 aromatic carbocycles. The zero-order valence-corrected chi connectivity index (χ0v) is 16.2. The standard InChI is InChI=1S/C19H24ClN3OS/c1-23-10-9-18(22-23)21-19(24)15(11-13-5-3-4-6-13)14-7-8-17(25-2)16(20)12-14/h7-10,12-13,15H,3-6,11H2,1-2H3,(H,21,22,24). The van der Waals surface area contributed by atoms with E-state index < -0.39 is 0 Å². The Hall–Kier alpha value is -1.46. The fourth-order valence-electron chi connectivity index (χ4n) is 3.57. The van der Waals surface area contributed by atoms with Gasteiger partial charge in [0.05, 0.1) is 10.9 Å². The van der Waals surface area contributed by atoms with Gasteiger partial charge in [0.2, 0.25) is 5.91 Å². The summed E-state index contributed by atoms with van der Waals surface area (Å²) in [7, 11) is 1.84. The van der Waals surface area contributed by atoms with E-state index in [1.165, 1.54) is 25.7 Å². The number of thioether (sulfide) groups is 1. The van der Waals surface area contributed by atoms with E-state index in [1.54, 1.807) is 16.4 Å². The molecule has 1 atom stereocenters. The van der Waals surface area contributed by atoms with Crippen LogP contribution in [0.1, 0.15) is 43.6 Å². The molecule has 1 unspecified atom stereocenters. The van der Waals surface area contributed by atoms with Crippen LogP contribution < -0.4 is 5.32 Å². The summed E-state index contributed by atoms with van der Waals surface area (Å²) in [5, 5.41) is 7.94. The van der Waals surface area contributed by atoms with E-state index in [-0.39, 0.29) is 11.8 Å². The Morgan fingerprint density at radius 3 is 2.76 bits per heavy atom. The SMILES string of the molecule is CSc1ccc(C(CC2CCCC2)C(=O)Nc2ccn(C)n2)cc1Cl. The van der Waals surface area contributed by atoms with Crippen LogP contribution in [-0.4, -0.2) is 21.9 Å². The largest absolute Gasteiger partial charge is 0.309 e. The van der Waals surface area contributed by atoms with Gasteiger partial charge in [-0.25, -0.2) is 0 Å². The van der Waals surface area contributed by atoms with Crippen molar-refractivity contribution in [3.8, 4) is 0 Å². The summed E-state index contributed by atoms with van der Waals surface area (Å²) >= 11 is 8.01. The molecule has 1 aliphatic rings. The van der Waals surface area contributed by atoms with E-state index in [4.69, 9.17) is 11.6 Å². The quantitative estimate of drug-likeness (QED) is 0.712. The Kier molecular flexibility index (Phi) is 6.07. The first-order valence-electron chi connectivity index (χ1n) is 8.70. The smallest absolute Gasteiger partial charge is 0.233 e. The summed E-state index contributed by atoms with van der Waals surface area (Å²) < 4.78 is 1.69. The molecule has 6 heteroatoms. The first kappa shape index (κ1) is 18.3. The van der Waals surface area contributed by atoms with Crippen LogP contribution >= 0.6 is 23.4 Å². The van der Waals surface area contributed by atoms with Gasteiger partial charge in [-0.05, 0) is 36.3 Å². The molecule has 1 N–H and O–H groups in total. The van der Waals surface area contributed by atoms with E-state index in [2.05, 4.69) is 10.4 Å². The van der Waals surface area contributed by atoms with Crippen LogP contribution in [-0.2, 0) is 11.8 Å². The lowest BCUT2D eigenvalue weighted by atomic mass is 9.87. The highest BCUT2D eigenvalue weighted by molar-refractivity contribution is 7.98. The molecule has 0 aliphatic heterocycles. The number of aromatic nitrogens is 2. The molecule has 25 heavy (non-hydrogen) atoms. The van der Waals surface area contributed by atoms with Crippen molar-refractivity contribution < 1.29 is 4.79 Å². The zero-order chi connectivity index (χ0) is 17.8. The summed E-state index contributed by atoms with van der Waals surface area (Å²) in [6, 6.07) is 7.81. The predicted molar refractivity (Wildman–Crippen MR) is 104 cm³/mol. The van der Waals surface area contributed by atoms with Crippen molar-refractivity contribution in [3.63, 3.8) is 0 Å². The van der Waals surface area contributed by atoms with Crippen LogP contribution in [0, 0.1) is 5.92 Å². The molecule has 2 aromatic rings. The molecular weight excluding hydrogens is 354 g/mol. The Labute approximate surface area is 158 Å². The summed E-state index contributed by atoms with van der Waals surface area (Å²) in [6.45, 7) is 0. The highest BCUT2D eigenvalue weighted by Crippen LogP contribution is 2.36. The maximum absolute atomic E-state index is 13.0. The molecule has 1 amide bonds. The minimum atomic E-state index is -0.196. The maximum atomic E-state index is 13.0. The van der Waals surface area contributed by atoms with Crippen molar-refractivity contribution in [2.45, 2.75) is 42.9 Å². The highest BCUT2D eigenvalue weighted by atomic mass is 35.5. The number of halogens is 1. The van der Waals surface area contributed by atoms with Gasteiger partial charge in [-0.15, -0.1) is 11.8 Å². The number of anilines is 1. The van der Waals surface area contributed by atoms with E-state index in [9.17, 15) is 4.79 Å². The van der Waals surface area contributed by atoms with Gasteiger partial charge >= 0.3 is 0 Å². The fraction of sp³-hybridized carbons (Fsp3) is 0.474. The minimum absolute atomic E-state index is 0.00133. The van der Waals surface area contributed by atoms with E-state index in [0.29, 0.717) is 16.8 Å². The molecule has 0 saturated heterocycles. The Bertz CT molecular complexity index is 740. The first-order valence-corrected chi connectivity index (χ1v) is 10.3. The second kappa shape index (κ2) is 8.28. The molecule has 1 heterocycles. The number of hydrogen-bond acceptors (Lipinski definition) is 3. The molecule has 3 rings (SSSR count). The normalized spacial score (nSPS) is 16.1. The number of nitrogens with zero attached hydrogens (tertiary/aromatic N) is 2. The molecule has 4 nitrogen and oxygen atoms in total. The molecule has 0 bridgehead atoms. The zero-order valence-electron chi connectivity index (χ0n) is 14.7. The number of carbonyl (C=O) groups is 1. The van der Waals surface area contributed by atoms with Crippen molar-refractivity contribution in [3.05, 3.63) is 41.0 Å². The second-order valence-corrected chi connectivity index (χ2v) is 7.95. The Morgan fingerprint density at radius 2 is 2.16 bits per heavy atom. The average molecular weight is 378 g/mol. The lowest BCUT2D eigenvalue weighted by Crippen LogP contribution is -2.23. The van der Waals surface area contributed by atoms with Gasteiger partial charge < -0.3 is 5.32 Å². The molecule has 1 aromatic heterocycles. The number of amides is 1. The lowest BCUT2D eigenvalue weighted by molar-refractivity contribution is -0.118. The third kappa shape index (κ3) is 4.59. The molecular formula is C19H24ClN3OS. The van der Waals surface area contributed by atoms with Crippen LogP contribution in [0.15, 0.2) is 35.4 Å². The summed E-state index contributed by atoms with van der Waals surface area (Å²) in [4.78, 5) is 14.0. The fourth-order valence-corrected chi connectivity index (χ4v) is 4.45. The molecule has 0 radical (unpaired) electrons. The van der Waals surface area contributed by atoms with Gasteiger partial charge in [0.1, 0.15) is 0 Å². The van der Waals surface area contributed by atoms with Gasteiger partial charge in [-0.1, -0.05) is 43.4 Å². The summed E-state index contributed by atoms with van der Waals surface area (Å²) in [6.07, 6.45) is 9.66. The topological polar surface area (TPSA) is 46.9 Å².